The van der Waals surface area contributed by atoms with Crippen molar-refractivity contribution in [3.8, 4) is 0 Å². The van der Waals surface area contributed by atoms with Gasteiger partial charge in [0.25, 0.3) is 0 Å². The lowest BCUT2D eigenvalue weighted by molar-refractivity contribution is -0.0608. The molecule has 4 N–H and O–H groups in total. The van der Waals surface area contributed by atoms with E-state index < -0.39 is 0 Å². The van der Waals surface area contributed by atoms with Crippen LogP contribution in [0.1, 0.15) is 12.8 Å². The van der Waals surface area contributed by atoms with E-state index in [1.807, 2.05) is 12.3 Å². The fourth-order valence-electron chi connectivity index (χ4n) is 4.61. The summed E-state index contributed by atoms with van der Waals surface area (Å²) in [5.74, 6) is 1.23. The molecule has 0 aromatic carbocycles. The first-order valence-electron chi connectivity index (χ1n) is 10.3. The monoisotopic (exact) mass is 447 g/mol. The summed E-state index contributed by atoms with van der Waals surface area (Å²) in [5, 5.41) is 1.22. The van der Waals surface area contributed by atoms with Crippen LogP contribution >= 0.6 is 23.4 Å². The van der Waals surface area contributed by atoms with E-state index >= 15 is 0 Å². The van der Waals surface area contributed by atoms with Crippen molar-refractivity contribution in [3.63, 3.8) is 0 Å². The van der Waals surface area contributed by atoms with E-state index in [0.29, 0.717) is 16.9 Å². The molecule has 2 aromatic heterocycles. The van der Waals surface area contributed by atoms with Crippen LogP contribution in [0.15, 0.2) is 34.6 Å². The lowest BCUT2D eigenvalue weighted by atomic mass is 9.75. The van der Waals surface area contributed by atoms with Crippen LogP contribution in [0.4, 0.5) is 11.6 Å². The molecule has 3 saturated heterocycles. The zero-order valence-corrected chi connectivity index (χ0v) is 18.3. The highest BCUT2D eigenvalue weighted by Crippen LogP contribution is 2.42. The summed E-state index contributed by atoms with van der Waals surface area (Å²) in [6.45, 7) is 5.69. The van der Waals surface area contributed by atoms with Crippen LogP contribution in [-0.4, -0.2) is 71.3 Å². The molecule has 10 heteroatoms. The van der Waals surface area contributed by atoms with E-state index in [-0.39, 0.29) is 11.5 Å². The lowest BCUT2D eigenvalue weighted by Crippen LogP contribution is -2.50. The Morgan fingerprint density at radius 1 is 1.17 bits per heavy atom. The second kappa shape index (κ2) is 8.12. The van der Waals surface area contributed by atoms with Gasteiger partial charge in [-0.15, -0.1) is 0 Å². The average molecular weight is 448 g/mol. The fraction of sp³-hybridized carbons (Fsp3) is 0.550. The molecule has 3 aliphatic rings. The van der Waals surface area contributed by atoms with Crippen LogP contribution in [0, 0.1) is 5.41 Å². The smallest absolute Gasteiger partial charge is 0.147 e. The molecule has 160 valence electrons. The second-order valence-corrected chi connectivity index (χ2v) is 9.84. The maximum Gasteiger partial charge on any atom is 0.147 e. The summed E-state index contributed by atoms with van der Waals surface area (Å²) in [7, 11) is 0. The lowest BCUT2D eigenvalue weighted by Gasteiger charge is -2.42. The summed E-state index contributed by atoms with van der Waals surface area (Å²) < 4.78 is 5.37. The molecule has 0 saturated carbocycles. The van der Waals surface area contributed by atoms with E-state index in [2.05, 4.69) is 24.8 Å². The number of likely N-dealkylation sites (tertiary alicyclic amines) is 1. The first-order valence-corrected chi connectivity index (χ1v) is 11.5. The predicted molar refractivity (Wildman–Crippen MR) is 118 cm³/mol. The van der Waals surface area contributed by atoms with Crippen molar-refractivity contribution >= 4 is 35.0 Å². The third-order valence-electron chi connectivity index (χ3n) is 6.67. The molecule has 30 heavy (non-hydrogen) atoms. The number of ether oxygens (including phenoxy) is 1. The van der Waals surface area contributed by atoms with Gasteiger partial charge in [0.15, 0.2) is 0 Å². The predicted octanol–water partition coefficient (Wildman–Crippen LogP) is 1.89. The molecule has 2 aromatic rings. The fourth-order valence-corrected chi connectivity index (χ4v) is 5.60. The summed E-state index contributed by atoms with van der Waals surface area (Å²) in [4.78, 5) is 18.9. The van der Waals surface area contributed by atoms with Gasteiger partial charge in [0.1, 0.15) is 16.7 Å². The number of rotatable bonds is 4. The standard InChI is InChI=1S/C20H26ClN7OS/c21-18-14(1-4-24-19(18)23)30-17-8-25-16(7-26-17)27-5-2-20(3-6-27)12-28(9-15(20)22)13-10-29-11-13/h1,4,7-8,13,15H,2-3,5-6,9-12,22H2,(H2,23,24)/t15-/m1/s1. The zero-order valence-electron chi connectivity index (χ0n) is 16.7. The van der Waals surface area contributed by atoms with E-state index in [1.165, 1.54) is 11.8 Å². The molecule has 1 spiro atoms. The van der Waals surface area contributed by atoms with Gasteiger partial charge in [-0.3, -0.25) is 4.90 Å². The van der Waals surface area contributed by atoms with Crippen LogP contribution in [0.25, 0.3) is 0 Å². The van der Waals surface area contributed by atoms with Crippen LogP contribution in [0.2, 0.25) is 5.02 Å². The average Bonchev–Trinajstić information content (AvgIpc) is 3.00. The van der Waals surface area contributed by atoms with Gasteiger partial charge < -0.3 is 21.1 Å². The SMILES string of the molecule is Nc1nccc(Sc2cnc(N3CCC4(CC3)CN(C3COC3)C[C@H]4N)cn2)c1Cl. The van der Waals surface area contributed by atoms with Crippen molar-refractivity contribution in [2.45, 2.75) is 34.8 Å². The van der Waals surface area contributed by atoms with Gasteiger partial charge >= 0.3 is 0 Å². The van der Waals surface area contributed by atoms with E-state index in [0.717, 1.165) is 68.0 Å². The number of nitrogen functional groups attached to an aromatic ring is 1. The highest BCUT2D eigenvalue weighted by Gasteiger charge is 2.48. The van der Waals surface area contributed by atoms with Gasteiger partial charge in [0.2, 0.25) is 0 Å². The maximum absolute atomic E-state index is 6.60. The minimum Gasteiger partial charge on any atom is -0.382 e. The number of pyridine rings is 1. The van der Waals surface area contributed by atoms with Crippen LogP contribution in [0.3, 0.4) is 0 Å². The highest BCUT2D eigenvalue weighted by molar-refractivity contribution is 7.99. The maximum atomic E-state index is 6.60. The van der Waals surface area contributed by atoms with E-state index in [4.69, 9.17) is 27.8 Å². The Morgan fingerprint density at radius 2 is 1.97 bits per heavy atom. The largest absolute Gasteiger partial charge is 0.382 e. The second-order valence-electron chi connectivity index (χ2n) is 8.40. The molecule has 1 atom stereocenters. The van der Waals surface area contributed by atoms with Gasteiger partial charge in [-0.25, -0.2) is 15.0 Å². The van der Waals surface area contributed by atoms with Crippen LogP contribution < -0.4 is 16.4 Å². The Kier molecular flexibility index (Phi) is 5.49. The van der Waals surface area contributed by atoms with Crippen molar-refractivity contribution in [2.75, 3.05) is 50.0 Å². The Balaban J connectivity index is 1.21. The minimum absolute atomic E-state index is 0.216. The topological polar surface area (TPSA) is 106 Å². The van der Waals surface area contributed by atoms with Crippen molar-refractivity contribution < 1.29 is 4.74 Å². The number of nitrogens with zero attached hydrogens (tertiary/aromatic N) is 5. The number of hydrogen-bond acceptors (Lipinski definition) is 9. The van der Waals surface area contributed by atoms with Crippen molar-refractivity contribution in [3.05, 3.63) is 29.7 Å². The molecule has 0 radical (unpaired) electrons. The van der Waals surface area contributed by atoms with Crippen molar-refractivity contribution in [1.29, 1.82) is 0 Å². The number of piperidine rings is 1. The van der Waals surface area contributed by atoms with Gasteiger partial charge in [0.05, 0.1) is 36.7 Å². The number of hydrogen-bond donors (Lipinski definition) is 2. The Bertz CT molecular complexity index is 903. The normalized spacial score (nSPS) is 24.3. The molecule has 0 aliphatic carbocycles. The number of nitrogens with two attached hydrogens (primary N) is 2. The molecule has 5 rings (SSSR count). The Labute approximate surface area is 185 Å². The summed E-state index contributed by atoms with van der Waals surface area (Å²) in [6, 6.07) is 2.63. The van der Waals surface area contributed by atoms with Gasteiger partial charge in [-0.05, 0) is 18.9 Å². The number of halogens is 1. The zero-order chi connectivity index (χ0) is 20.7. The first kappa shape index (κ1) is 20.3. The third kappa shape index (κ3) is 3.73. The number of aromatic nitrogens is 3. The third-order valence-corrected chi connectivity index (χ3v) is 8.15. The van der Waals surface area contributed by atoms with Crippen molar-refractivity contribution in [1.82, 2.24) is 19.9 Å². The van der Waals surface area contributed by atoms with Gasteiger partial charge in [0, 0.05) is 48.7 Å². The van der Waals surface area contributed by atoms with Crippen molar-refractivity contribution in [2.24, 2.45) is 11.1 Å². The highest BCUT2D eigenvalue weighted by atomic mass is 35.5. The molecule has 0 amide bonds. The molecule has 5 heterocycles. The quantitative estimate of drug-likeness (QED) is 0.726. The molecular weight excluding hydrogens is 422 g/mol. The van der Waals surface area contributed by atoms with Gasteiger partial charge in [-0.2, -0.15) is 0 Å². The Morgan fingerprint density at radius 3 is 2.63 bits per heavy atom. The summed E-state index contributed by atoms with van der Waals surface area (Å²) in [5.41, 5.74) is 12.6. The Hall–Kier alpha value is -1.65. The molecule has 8 nitrogen and oxygen atoms in total. The van der Waals surface area contributed by atoms with E-state index in [1.54, 1.807) is 12.4 Å². The molecule has 0 bridgehead atoms. The van der Waals surface area contributed by atoms with Crippen LogP contribution in [-0.2, 0) is 4.74 Å². The molecule has 3 aliphatic heterocycles. The summed E-state index contributed by atoms with van der Waals surface area (Å²) in [6.07, 6.45) is 7.44. The molecule has 0 unspecified atom stereocenters. The first-order chi connectivity index (χ1) is 14.5. The minimum atomic E-state index is 0.216. The van der Waals surface area contributed by atoms with E-state index in [9.17, 15) is 0 Å². The van der Waals surface area contributed by atoms with Gasteiger partial charge in [-0.1, -0.05) is 23.4 Å². The van der Waals surface area contributed by atoms with Crippen LogP contribution in [0.5, 0.6) is 0 Å². The summed E-state index contributed by atoms with van der Waals surface area (Å²) >= 11 is 7.66. The molecular formula is C20H26ClN7OS. The molecule has 3 fully saturated rings. The number of anilines is 2.